The predicted octanol–water partition coefficient (Wildman–Crippen LogP) is 11.2. The molecule has 0 aliphatic carbocycles. The summed E-state index contributed by atoms with van der Waals surface area (Å²) in [6, 6.07) is 0. The number of hydrogen-bond acceptors (Lipinski definition) is 10. The highest BCUT2D eigenvalue weighted by atomic mass is 16.6. The van der Waals surface area contributed by atoms with Crippen LogP contribution in [-0.4, -0.2) is 118 Å². The minimum absolute atomic E-state index is 0.123. The van der Waals surface area contributed by atoms with Crippen LogP contribution in [-0.2, 0) is 47.4 Å². The second-order valence-corrected chi connectivity index (χ2v) is 15.4. The Balaban J connectivity index is 3.12. The van der Waals surface area contributed by atoms with Crippen LogP contribution in [0.1, 0.15) is 187 Å². The van der Waals surface area contributed by atoms with Crippen LogP contribution in [0.2, 0.25) is 0 Å². The lowest BCUT2D eigenvalue weighted by Crippen LogP contribution is -2.15. The number of carbonyl (C=O) groups excluding carboxylic acids is 1. The second-order valence-electron chi connectivity index (χ2n) is 15.4. The van der Waals surface area contributed by atoms with E-state index in [0.717, 1.165) is 25.9 Å². The molecule has 0 aromatic heterocycles. The summed E-state index contributed by atoms with van der Waals surface area (Å²) in [7, 11) is 0. The maximum atomic E-state index is 11.9. The van der Waals surface area contributed by atoms with Crippen LogP contribution < -0.4 is 0 Å². The number of carbonyl (C=O) groups is 1. The molecular weight excluding hydrogens is 725 g/mol. The summed E-state index contributed by atoms with van der Waals surface area (Å²) < 4.78 is 49.6. The van der Waals surface area contributed by atoms with E-state index in [2.05, 4.69) is 13.8 Å². The number of ether oxygens (including phenoxy) is 9. The first kappa shape index (κ1) is 56.1. The molecule has 0 fully saturated rings. The summed E-state index contributed by atoms with van der Waals surface area (Å²) in [5.41, 5.74) is 0. The van der Waals surface area contributed by atoms with Crippen LogP contribution in [0, 0.1) is 0 Å². The van der Waals surface area contributed by atoms with E-state index in [9.17, 15) is 4.79 Å². The maximum absolute atomic E-state index is 11.9. The van der Waals surface area contributed by atoms with E-state index in [1.165, 1.54) is 148 Å². The maximum Gasteiger partial charge on any atom is 0.305 e. The molecule has 0 bridgehead atoms. The van der Waals surface area contributed by atoms with Crippen LogP contribution in [0.25, 0.3) is 0 Å². The molecule has 0 radical (unpaired) electrons. The third kappa shape index (κ3) is 53.1. The first-order valence-electron chi connectivity index (χ1n) is 24.1. The van der Waals surface area contributed by atoms with Gasteiger partial charge in [0.2, 0.25) is 0 Å². The Hall–Kier alpha value is -0.850. The van der Waals surface area contributed by atoms with Crippen LogP contribution in [0.4, 0.5) is 0 Å². The molecule has 0 amide bonds. The van der Waals surface area contributed by atoms with Crippen molar-refractivity contribution in [1.82, 2.24) is 0 Å². The third-order valence-electron chi connectivity index (χ3n) is 9.97. The van der Waals surface area contributed by atoms with E-state index < -0.39 is 0 Å². The molecule has 0 saturated carbocycles. The Labute approximate surface area is 352 Å². The highest BCUT2D eigenvalue weighted by Crippen LogP contribution is 2.14. The molecule has 57 heavy (non-hydrogen) atoms. The van der Waals surface area contributed by atoms with Crippen LogP contribution in [0.15, 0.2) is 0 Å². The van der Waals surface area contributed by atoms with Crippen molar-refractivity contribution in [3.8, 4) is 0 Å². The van der Waals surface area contributed by atoms with Gasteiger partial charge in [-0.25, -0.2) is 0 Å². The van der Waals surface area contributed by atoms with Gasteiger partial charge in [0.15, 0.2) is 0 Å². The molecule has 0 aromatic rings. The van der Waals surface area contributed by atoms with Crippen molar-refractivity contribution in [2.75, 3.05) is 112 Å². The van der Waals surface area contributed by atoms with Gasteiger partial charge in [-0.15, -0.1) is 0 Å². The zero-order valence-electron chi connectivity index (χ0n) is 37.7. The Morgan fingerprint density at radius 3 is 0.737 bits per heavy atom. The van der Waals surface area contributed by atoms with E-state index >= 15 is 0 Å². The second kappa shape index (κ2) is 53.2. The minimum Gasteiger partial charge on any atom is -0.463 e. The highest BCUT2D eigenvalue weighted by Gasteiger charge is 2.03. The van der Waals surface area contributed by atoms with Gasteiger partial charge in [-0.05, 0) is 12.8 Å². The van der Waals surface area contributed by atoms with Crippen LogP contribution >= 0.6 is 0 Å². The van der Waals surface area contributed by atoms with Gasteiger partial charge in [0.1, 0.15) is 6.61 Å². The lowest BCUT2D eigenvalue weighted by molar-refractivity contribution is -0.145. The molecule has 0 atom stereocenters. The average Bonchev–Trinajstić information content (AvgIpc) is 3.22. The van der Waals surface area contributed by atoms with Crippen LogP contribution in [0.3, 0.4) is 0 Å². The minimum atomic E-state index is -0.123. The van der Waals surface area contributed by atoms with Crippen molar-refractivity contribution >= 4 is 5.97 Å². The average molecular weight is 819 g/mol. The van der Waals surface area contributed by atoms with Crippen molar-refractivity contribution in [3.05, 3.63) is 0 Å². The number of rotatable bonds is 52. The number of hydrogen-bond donors (Lipinski definition) is 0. The highest BCUT2D eigenvalue weighted by molar-refractivity contribution is 5.69. The first-order chi connectivity index (χ1) is 28.3. The molecule has 0 aliphatic heterocycles. The fraction of sp³-hybridized carbons (Fsp3) is 0.979. The summed E-state index contributed by atoms with van der Waals surface area (Å²) in [4.78, 5) is 11.9. The zero-order valence-corrected chi connectivity index (χ0v) is 37.7. The van der Waals surface area contributed by atoms with E-state index in [4.69, 9.17) is 42.6 Å². The molecule has 0 aliphatic rings. The van der Waals surface area contributed by atoms with Gasteiger partial charge in [-0.2, -0.15) is 0 Å². The fourth-order valence-corrected chi connectivity index (χ4v) is 6.44. The zero-order chi connectivity index (χ0) is 41.1. The van der Waals surface area contributed by atoms with Crippen molar-refractivity contribution in [2.45, 2.75) is 187 Å². The first-order valence-corrected chi connectivity index (χ1v) is 24.1. The topological polar surface area (TPSA) is 100 Å². The van der Waals surface area contributed by atoms with Gasteiger partial charge >= 0.3 is 5.97 Å². The van der Waals surface area contributed by atoms with E-state index in [-0.39, 0.29) is 5.97 Å². The predicted molar refractivity (Wildman–Crippen MR) is 234 cm³/mol. The van der Waals surface area contributed by atoms with E-state index in [1.807, 2.05) is 0 Å². The van der Waals surface area contributed by atoms with Crippen molar-refractivity contribution in [2.24, 2.45) is 0 Å². The molecule has 342 valence electrons. The molecular formula is C47H94O10. The number of unbranched alkanes of at least 4 members (excludes halogenated alkanes) is 24. The Morgan fingerprint density at radius 2 is 0.456 bits per heavy atom. The standard InChI is InChI=1S/C47H94O10/c1-3-5-7-9-11-13-15-16-17-18-19-21-23-25-27-29-47(48)57-46-45-56-44-43-55-42-41-54-40-39-53-38-37-52-36-35-51-34-33-50-32-31-49-30-28-26-24-22-20-14-12-10-8-6-4-2/h3-46H2,1-2H3. The molecule has 0 N–H and O–H groups in total. The largest absolute Gasteiger partial charge is 0.463 e. The summed E-state index contributed by atoms with van der Waals surface area (Å²) in [5, 5.41) is 0. The van der Waals surface area contributed by atoms with Gasteiger partial charge in [0.05, 0.1) is 99.1 Å². The van der Waals surface area contributed by atoms with Crippen LogP contribution in [0.5, 0.6) is 0 Å². The normalized spacial score (nSPS) is 11.5. The summed E-state index contributed by atoms with van der Waals surface area (Å²) >= 11 is 0. The quantitative estimate of drug-likeness (QED) is 0.0435. The van der Waals surface area contributed by atoms with Crippen molar-refractivity contribution < 1.29 is 47.4 Å². The van der Waals surface area contributed by atoms with Gasteiger partial charge in [-0.1, -0.05) is 168 Å². The Bertz CT molecular complexity index is 728. The van der Waals surface area contributed by atoms with Gasteiger partial charge in [-0.3, -0.25) is 4.79 Å². The summed E-state index contributed by atoms with van der Waals surface area (Å²) in [5.74, 6) is -0.123. The number of esters is 1. The molecule has 0 saturated heterocycles. The molecule has 0 spiro atoms. The Morgan fingerprint density at radius 1 is 0.246 bits per heavy atom. The monoisotopic (exact) mass is 819 g/mol. The lowest BCUT2D eigenvalue weighted by Gasteiger charge is -2.09. The summed E-state index contributed by atoms with van der Waals surface area (Å²) in [6.07, 6.45) is 35.2. The smallest absolute Gasteiger partial charge is 0.305 e. The third-order valence-corrected chi connectivity index (χ3v) is 9.97. The van der Waals surface area contributed by atoms with E-state index in [0.29, 0.717) is 112 Å². The fourth-order valence-electron chi connectivity index (χ4n) is 6.44. The lowest BCUT2D eigenvalue weighted by atomic mass is 10.0. The van der Waals surface area contributed by atoms with Crippen molar-refractivity contribution in [1.29, 1.82) is 0 Å². The Kier molecular flexibility index (Phi) is 52.4. The molecule has 0 heterocycles. The SMILES string of the molecule is CCCCCCCCCCCCCCCCCC(=O)OCCOCCOCCOCCOCCOCCOCCOCCOCCCCCCCCCCCCC. The molecule has 0 rings (SSSR count). The van der Waals surface area contributed by atoms with Gasteiger partial charge in [0, 0.05) is 13.0 Å². The van der Waals surface area contributed by atoms with Gasteiger partial charge < -0.3 is 42.6 Å². The van der Waals surface area contributed by atoms with Crippen molar-refractivity contribution in [3.63, 3.8) is 0 Å². The molecule has 0 aromatic carbocycles. The summed E-state index contributed by atoms with van der Waals surface area (Å²) in [6.45, 7) is 13.6. The molecule has 0 unspecified atom stereocenters. The molecule has 10 nitrogen and oxygen atoms in total. The van der Waals surface area contributed by atoms with Gasteiger partial charge in [0.25, 0.3) is 0 Å². The van der Waals surface area contributed by atoms with E-state index in [1.54, 1.807) is 0 Å². The molecule has 10 heteroatoms.